The molecule has 0 radical (unpaired) electrons. The highest BCUT2D eigenvalue weighted by atomic mass is 32.1. The van der Waals surface area contributed by atoms with Gasteiger partial charge in [0.25, 0.3) is 0 Å². The summed E-state index contributed by atoms with van der Waals surface area (Å²) in [6.45, 7) is 4.81. The molecule has 2 heterocycles. The maximum absolute atomic E-state index is 5.14. The molecule has 66 valence electrons. The first-order valence-electron chi connectivity index (χ1n) is 3.86. The van der Waals surface area contributed by atoms with E-state index in [1.165, 1.54) is 11.3 Å². The minimum absolute atomic E-state index is 0.297. The number of ether oxygens (including phenoxy) is 1. The summed E-state index contributed by atoms with van der Waals surface area (Å²) < 4.78 is 5.14. The second-order valence-corrected chi connectivity index (χ2v) is 4.23. The summed E-state index contributed by atoms with van der Waals surface area (Å²) >= 11 is 1.52. The zero-order chi connectivity index (χ0) is 8.44. The van der Waals surface area contributed by atoms with Crippen LogP contribution >= 0.6 is 11.3 Å². The van der Waals surface area contributed by atoms with E-state index in [-0.39, 0.29) is 0 Å². The van der Waals surface area contributed by atoms with E-state index in [1.807, 2.05) is 0 Å². The molecule has 0 unspecified atom stereocenters. The van der Waals surface area contributed by atoms with Crippen LogP contribution in [-0.2, 0) is 4.74 Å². The zero-order valence-corrected chi connectivity index (χ0v) is 7.73. The van der Waals surface area contributed by atoms with Crippen LogP contribution in [0.5, 0.6) is 0 Å². The Morgan fingerprint density at radius 2 is 2.58 bits per heavy atom. The van der Waals surface area contributed by atoms with Crippen molar-refractivity contribution in [3.63, 3.8) is 0 Å². The third kappa shape index (κ3) is 1.56. The van der Waals surface area contributed by atoms with Gasteiger partial charge >= 0.3 is 0 Å². The Labute approximate surface area is 75.0 Å². The molecule has 12 heavy (non-hydrogen) atoms. The number of nitrogens with zero attached hydrogens (tertiary/aromatic N) is 2. The Kier molecular flexibility index (Phi) is 1.98. The number of aromatic nitrogens is 2. The fraction of sp³-hybridized carbons (Fsp3) is 0.714. The molecule has 4 nitrogen and oxygen atoms in total. The van der Waals surface area contributed by atoms with Gasteiger partial charge < -0.3 is 10.1 Å². The predicted octanol–water partition coefficient (Wildman–Crippen LogP) is 0.986. The molecular weight excluding hydrogens is 174 g/mol. The molecule has 1 aliphatic rings. The highest BCUT2D eigenvalue weighted by molar-refractivity contribution is 7.13. The SMILES string of the molecule is CC1(CNc2nncs2)COC1. The molecule has 0 bridgehead atoms. The minimum atomic E-state index is 0.297. The molecule has 2 rings (SSSR count). The molecule has 1 fully saturated rings. The van der Waals surface area contributed by atoms with Crippen molar-refractivity contribution in [3.8, 4) is 0 Å². The van der Waals surface area contributed by atoms with Gasteiger partial charge in [-0.1, -0.05) is 18.3 Å². The van der Waals surface area contributed by atoms with Gasteiger partial charge in [0.15, 0.2) is 0 Å². The summed E-state index contributed by atoms with van der Waals surface area (Å²) in [5.41, 5.74) is 2.02. The van der Waals surface area contributed by atoms with Gasteiger partial charge in [-0.05, 0) is 0 Å². The maximum atomic E-state index is 5.14. The summed E-state index contributed by atoms with van der Waals surface area (Å²) in [5, 5.41) is 11.8. The van der Waals surface area contributed by atoms with E-state index in [9.17, 15) is 0 Å². The fourth-order valence-electron chi connectivity index (χ4n) is 1.09. The van der Waals surface area contributed by atoms with Crippen molar-refractivity contribution >= 4 is 16.5 Å². The summed E-state index contributed by atoms with van der Waals surface area (Å²) in [7, 11) is 0. The molecule has 0 saturated carbocycles. The summed E-state index contributed by atoms with van der Waals surface area (Å²) in [4.78, 5) is 0. The normalized spacial score (nSPS) is 20.1. The molecule has 5 heteroatoms. The lowest BCUT2D eigenvalue weighted by Crippen LogP contribution is -2.45. The van der Waals surface area contributed by atoms with Crippen LogP contribution in [0.3, 0.4) is 0 Å². The lowest BCUT2D eigenvalue weighted by molar-refractivity contribution is -0.0924. The van der Waals surface area contributed by atoms with Crippen LogP contribution < -0.4 is 5.32 Å². The van der Waals surface area contributed by atoms with Crippen LogP contribution in [0.2, 0.25) is 0 Å². The van der Waals surface area contributed by atoms with Gasteiger partial charge in [-0.25, -0.2) is 0 Å². The zero-order valence-electron chi connectivity index (χ0n) is 6.91. The van der Waals surface area contributed by atoms with Crippen LogP contribution in [-0.4, -0.2) is 30.0 Å². The number of rotatable bonds is 3. The molecular formula is C7H11N3OS. The Bertz CT molecular complexity index is 245. The Hall–Kier alpha value is -0.680. The lowest BCUT2D eigenvalue weighted by atomic mass is 9.89. The average Bonchev–Trinajstić information content (AvgIpc) is 2.49. The van der Waals surface area contributed by atoms with Gasteiger partial charge in [0, 0.05) is 12.0 Å². The van der Waals surface area contributed by atoms with Gasteiger partial charge in [-0.2, -0.15) is 0 Å². The van der Waals surface area contributed by atoms with Crippen molar-refractivity contribution in [2.45, 2.75) is 6.92 Å². The number of hydrogen-bond acceptors (Lipinski definition) is 5. The van der Waals surface area contributed by atoms with Crippen molar-refractivity contribution in [3.05, 3.63) is 5.51 Å². The Morgan fingerprint density at radius 1 is 1.75 bits per heavy atom. The van der Waals surface area contributed by atoms with E-state index < -0.39 is 0 Å². The van der Waals surface area contributed by atoms with Crippen molar-refractivity contribution < 1.29 is 4.74 Å². The number of hydrogen-bond donors (Lipinski definition) is 1. The lowest BCUT2D eigenvalue weighted by Gasteiger charge is -2.37. The molecule has 1 aliphatic heterocycles. The molecule has 0 spiro atoms. The molecule has 1 aromatic rings. The molecule has 1 N–H and O–H groups in total. The minimum Gasteiger partial charge on any atom is -0.380 e. The van der Waals surface area contributed by atoms with Gasteiger partial charge in [-0.3, -0.25) is 0 Å². The molecule has 0 aliphatic carbocycles. The number of nitrogens with one attached hydrogen (secondary N) is 1. The largest absolute Gasteiger partial charge is 0.380 e. The van der Waals surface area contributed by atoms with Crippen molar-refractivity contribution in [1.82, 2.24) is 10.2 Å². The van der Waals surface area contributed by atoms with E-state index in [1.54, 1.807) is 5.51 Å². The van der Waals surface area contributed by atoms with Crippen molar-refractivity contribution in [2.24, 2.45) is 5.41 Å². The first kappa shape index (κ1) is 7.94. The summed E-state index contributed by atoms with van der Waals surface area (Å²) in [6, 6.07) is 0. The first-order valence-corrected chi connectivity index (χ1v) is 4.74. The standard InChI is InChI=1S/C7H11N3OS/c1-7(3-11-4-7)2-8-6-10-9-5-12-6/h5H,2-4H2,1H3,(H,8,10). The molecule has 1 saturated heterocycles. The Balaban J connectivity index is 1.82. The van der Waals surface area contributed by atoms with Crippen LogP contribution in [0.25, 0.3) is 0 Å². The maximum Gasteiger partial charge on any atom is 0.205 e. The van der Waals surface area contributed by atoms with E-state index in [0.717, 1.165) is 24.9 Å². The second kappa shape index (κ2) is 2.99. The van der Waals surface area contributed by atoms with E-state index in [0.29, 0.717) is 5.41 Å². The predicted molar refractivity (Wildman–Crippen MR) is 47.3 cm³/mol. The Morgan fingerprint density at radius 3 is 3.08 bits per heavy atom. The van der Waals surface area contributed by atoms with Crippen LogP contribution in [0.1, 0.15) is 6.92 Å². The van der Waals surface area contributed by atoms with Gasteiger partial charge in [0.1, 0.15) is 5.51 Å². The highest BCUT2D eigenvalue weighted by Gasteiger charge is 2.33. The summed E-state index contributed by atoms with van der Waals surface area (Å²) in [5.74, 6) is 0. The molecule has 0 atom stereocenters. The highest BCUT2D eigenvalue weighted by Crippen LogP contribution is 2.26. The third-order valence-electron chi connectivity index (χ3n) is 1.93. The summed E-state index contributed by atoms with van der Waals surface area (Å²) in [6.07, 6.45) is 0. The van der Waals surface area contributed by atoms with E-state index in [2.05, 4.69) is 22.4 Å². The second-order valence-electron chi connectivity index (χ2n) is 3.40. The molecule has 0 amide bonds. The van der Waals surface area contributed by atoms with Crippen molar-refractivity contribution in [2.75, 3.05) is 25.1 Å². The smallest absolute Gasteiger partial charge is 0.205 e. The fourth-order valence-corrected chi connectivity index (χ4v) is 1.54. The third-order valence-corrected chi connectivity index (χ3v) is 2.58. The van der Waals surface area contributed by atoms with E-state index in [4.69, 9.17) is 4.74 Å². The van der Waals surface area contributed by atoms with Gasteiger partial charge in [0.05, 0.1) is 13.2 Å². The van der Waals surface area contributed by atoms with Gasteiger partial charge in [0.2, 0.25) is 5.13 Å². The topological polar surface area (TPSA) is 47.0 Å². The monoisotopic (exact) mass is 185 g/mol. The van der Waals surface area contributed by atoms with Crippen LogP contribution in [0.15, 0.2) is 5.51 Å². The van der Waals surface area contributed by atoms with Crippen LogP contribution in [0, 0.1) is 5.41 Å². The first-order chi connectivity index (χ1) is 5.79. The van der Waals surface area contributed by atoms with Crippen molar-refractivity contribution in [1.29, 1.82) is 0 Å². The van der Waals surface area contributed by atoms with E-state index >= 15 is 0 Å². The average molecular weight is 185 g/mol. The molecule has 1 aromatic heterocycles. The number of anilines is 1. The quantitative estimate of drug-likeness (QED) is 0.762. The van der Waals surface area contributed by atoms with Gasteiger partial charge in [-0.15, -0.1) is 10.2 Å². The molecule has 0 aromatic carbocycles. The van der Waals surface area contributed by atoms with Crippen LogP contribution in [0.4, 0.5) is 5.13 Å².